The summed E-state index contributed by atoms with van der Waals surface area (Å²) in [6, 6.07) is 15.9. The molecule has 0 aliphatic heterocycles. The minimum Gasteiger partial charge on any atom is -0.399 e. The zero-order chi connectivity index (χ0) is 17.2. The third kappa shape index (κ3) is 3.14. The van der Waals surface area contributed by atoms with Gasteiger partial charge < -0.3 is 11.1 Å². The molecule has 3 N–H and O–H groups in total. The Balaban J connectivity index is 1.61. The maximum atomic E-state index is 13.3. The molecule has 0 aliphatic carbocycles. The second-order valence-electron chi connectivity index (χ2n) is 5.74. The van der Waals surface area contributed by atoms with Crippen molar-refractivity contribution in [2.45, 2.75) is 6.54 Å². The number of anilines is 2. The number of nitrogen functional groups attached to an aromatic ring is 1. The highest BCUT2D eigenvalue weighted by atomic mass is 19.1. The molecule has 0 atom stereocenters. The van der Waals surface area contributed by atoms with Crippen LogP contribution in [0.2, 0.25) is 0 Å². The lowest BCUT2D eigenvalue weighted by Gasteiger charge is -2.07. The van der Waals surface area contributed by atoms with Gasteiger partial charge in [-0.15, -0.1) is 0 Å². The van der Waals surface area contributed by atoms with Gasteiger partial charge in [-0.25, -0.2) is 13.9 Å². The average molecular weight is 333 g/mol. The molecule has 3 aromatic heterocycles. The van der Waals surface area contributed by atoms with Crippen LogP contribution in [0.1, 0.15) is 5.56 Å². The quantitative estimate of drug-likeness (QED) is 0.597. The van der Waals surface area contributed by atoms with Gasteiger partial charge in [-0.05, 0) is 42.0 Å². The fraction of sp³-hybridized carbons (Fsp3) is 0.0526. The summed E-state index contributed by atoms with van der Waals surface area (Å²) in [5.41, 5.74) is 10.0. The summed E-state index contributed by atoms with van der Waals surface area (Å²) in [7, 11) is 0. The minimum atomic E-state index is -0.245. The predicted octanol–water partition coefficient (Wildman–Crippen LogP) is 3.73. The number of nitrogens with two attached hydrogens (primary N) is 1. The molecule has 0 saturated heterocycles. The van der Waals surface area contributed by atoms with E-state index >= 15 is 0 Å². The lowest BCUT2D eigenvalue weighted by atomic mass is 10.1. The Bertz CT molecular complexity index is 1040. The molecule has 0 saturated carbocycles. The van der Waals surface area contributed by atoms with Crippen LogP contribution < -0.4 is 11.1 Å². The molecule has 4 aromatic rings. The first-order valence-electron chi connectivity index (χ1n) is 7.88. The SMILES string of the molecule is Nc1ccn2ncc(-c3cccc(NCc4cccc(F)c4)n3)c2c1. The summed E-state index contributed by atoms with van der Waals surface area (Å²) in [5.74, 6) is 0.468. The molecule has 6 heteroatoms. The normalized spacial score (nSPS) is 10.9. The summed E-state index contributed by atoms with van der Waals surface area (Å²) in [4.78, 5) is 4.63. The van der Waals surface area contributed by atoms with Crippen molar-refractivity contribution in [1.82, 2.24) is 14.6 Å². The number of benzene rings is 1. The summed E-state index contributed by atoms with van der Waals surface area (Å²) >= 11 is 0. The lowest BCUT2D eigenvalue weighted by molar-refractivity contribution is 0.626. The zero-order valence-electron chi connectivity index (χ0n) is 13.4. The number of nitrogens with zero attached hydrogens (tertiary/aromatic N) is 3. The van der Waals surface area contributed by atoms with E-state index in [0.717, 1.165) is 22.3 Å². The van der Waals surface area contributed by atoms with Crippen molar-refractivity contribution in [2.24, 2.45) is 0 Å². The van der Waals surface area contributed by atoms with Gasteiger partial charge in [0, 0.05) is 24.0 Å². The molecule has 0 aliphatic rings. The average Bonchev–Trinajstić information content (AvgIpc) is 3.03. The van der Waals surface area contributed by atoms with Crippen LogP contribution in [0.3, 0.4) is 0 Å². The third-order valence-electron chi connectivity index (χ3n) is 3.93. The van der Waals surface area contributed by atoms with Gasteiger partial charge in [-0.3, -0.25) is 0 Å². The van der Waals surface area contributed by atoms with Crippen LogP contribution in [0.15, 0.2) is 67.0 Å². The largest absolute Gasteiger partial charge is 0.399 e. The van der Waals surface area contributed by atoms with Crippen LogP contribution in [0.5, 0.6) is 0 Å². The van der Waals surface area contributed by atoms with Gasteiger partial charge in [-0.1, -0.05) is 18.2 Å². The van der Waals surface area contributed by atoms with Crippen LogP contribution in [0.4, 0.5) is 15.9 Å². The van der Waals surface area contributed by atoms with Crippen molar-refractivity contribution in [3.05, 3.63) is 78.4 Å². The van der Waals surface area contributed by atoms with E-state index in [9.17, 15) is 4.39 Å². The van der Waals surface area contributed by atoms with Crippen molar-refractivity contribution >= 4 is 17.0 Å². The highest BCUT2D eigenvalue weighted by Crippen LogP contribution is 2.25. The molecular formula is C19H16FN5. The molecule has 25 heavy (non-hydrogen) atoms. The van der Waals surface area contributed by atoms with Crippen LogP contribution in [-0.4, -0.2) is 14.6 Å². The molecular weight excluding hydrogens is 317 g/mol. The first-order chi connectivity index (χ1) is 12.2. The molecule has 0 spiro atoms. The van der Waals surface area contributed by atoms with E-state index in [0.29, 0.717) is 18.1 Å². The number of fused-ring (bicyclic) bond motifs is 1. The zero-order valence-corrected chi connectivity index (χ0v) is 13.4. The van der Waals surface area contributed by atoms with Crippen molar-refractivity contribution in [1.29, 1.82) is 0 Å². The molecule has 5 nitrogen and oxygen atoms in total. The highest BCUT2D eigenvalue weighted by Gasteiger charge is 2.09. The molecule has 0 fully saturated rings. The fourth-order valence-corrected chi connectivity index (χ4v) is 2.72. The van der Waals surface area contributed by atoms with Crippen molar-refractivity contribution < 1.29 is 4.39 Å². The topological polar surface area (TPSA) is 68.2 Å². The van der Waals surface area contributed by atoms with Crippen LogP contribution in [0, 0.1) is 5.82 Å². The molecule has 124 valence electrons. The van der Waals surface area contributed by atoms with Gasteiger partial charge in [0.2, 0.25) is 0 Å². The van der Waals surface area contributed by atoms with Gasteiger partial charge in [0.15, 0.2) is 0 Å². The first-order valence-corrected chi connectivity index (χ1v) is 7.88. The number of aromatic nitrogens is 3. The van der Waals surface area contributed by atoms with E-state index in [2.05, 4.69) is 15.4 Å². The Labute approximate surface area is 143 Å². The van der Waals surface area contributed by atoms with E-state index < -0.39 is 0 Å². The number of hydrogen-bond donors (Lipinski definition) is 2. The Morgan fingerprint density at radius 1 is 1.08 bits per heavy atom. The van der Waals surface area contributed by atoms with Gasteiger partial charge in [0.25, 0.3) is 0 Å². The Morgan fingerprint density at radius 2 is 1.96 bits per heavy atom. The van der Waals surface area contributed by atoms with E-state index in [1.54, 1.807) is 22.8 Å². The molecule has 1 aromatic carbocycles. The van der Waals surface area contributed by atoms with Crippen LogP contribution >= 0.6 is 0 Å². The molecule has 4 rings (SSSR count). The molecule has 0 amide bonds. The summed E-state index contributed by atoms with van der Waals surface area (Å²) < 4.78 is 15.0. The van der Waals surface area contributed by atoms with Crippen LogP contribution in [0.25, 0.3) is 16.8 Å². The number of halogens is 1. The molecule has 0 radical (unpaired) electrons. The highest BCUT2D eigenvalue weighted by molar-refractivity contribution is 5.80. The second kappa shape index (κ2) is 6.24. The molecule has 0 unspecified atom stereocenters. The monoisotopic (exact) mass is 333 g/mol. The predicted molar refractivity (Wildman–Crippen MR) is 96.6 cm³/mol. The second-order valence-corrected chi connectivity index (χ2v) is 5.74. The van der Waals surface area contributed by atoms with Crippen molar-refractivity contribution in [2.75, 3.05) is 11.1 Å². The molecule has 3 heterocycles. The third-order valence-corrected chi connectivity index (χ3v) is 3.93. The van der Waals surface area contributed by atoms with Gasteiger partial charge in [-0.2, -0.15) is 5.10 Å². The fourth-order valence-electron chi connectivity index (χ4n) is 2.72. The maximum Gasteiger partial charge on any atom is 0.126 e. The van der Waals surface area contributed by atoms with Gasteiger partial charge in [0.05, 0.1) is 17.4 Å². The minimum absolute atomic E-state index is 0.245. The number of nitrogens with one attached hydrogen (secondary N) is 1. The first kappa shape index (κ1) is 15.1. The van der Waals surface area contributed by atoms with Gasteiger partial charge >= 0.3 is 0 Å². The van der Waals surface area contributed by atoms with Crippen molar-refractivity contribution in [3.63, 3.8) is 0 Å². The van der Waals surface area contributed by atoms with E-state index in [1.807, 2.05) is 36.5 Å². The van der Waals surface area contributed by atoms with Crippen LogP contribution in [-0.2, 0) is 6.54 Å². The van der Waals surface area contributed by atoms with E-state index in [1.165, 1.54) is 12.1 Å². The number of pyridine rings is 2. The Kier molecular flexibility index (Phi) is 3.78. The summed E-state index contributed by atoms with van der Waals surface area (Å²) in [6.07, 6.45) is 3.59. The lowest BCUT2D eigenvalue weighted by Crippen LogP contribution is -2.02. The Morgan fingerprint density at radius 3 is 2.84 bits per heavy atom. The molecule has 0 bridgehead atoms. The van der Waals surface area contributed by atoms with Gasteiger partial charge in [0.1, 0.15) is 11.6 Å². The number of hydrogen-bond acceptors (Lipinski definition) is 4. The van der Waals surface area contributed by atoms with Crippen molar-refractivity contribution in [3.8, 4) is 11.3 Å². The summed E-state index contributed by atoms with van der Waals surface area (Å²) in [6.45, 7) is 0.496. The number of rotatable bonds is 4. The smallest absolute Gasteiger partial charge is 0.126 e. The standard InChI is InChI=1S/C19H16FN5/c20-14-4-1-3-13(9-14)11-22-19-6-2-5-17(24-19)16-12-23-25-8-7-15(21)10-18(16)25/h1-10,12H,11,21H2,(H,22,24). The van der Waals surface area contributed by atoms with E-state index in [-0.39, 0.29) is 5.82 Å². The maximum absolute atomic E-state index is 13.3. The Hall–Kier alpha value is -3.41. The summed E-state index contributed by atoms with van der Waals surface area (Å²) in [5, 5.41) is 7.55. The van der Waals surface area contributed by atoms with E-state index in [4.69, 9.17) is 5.73 Å².